The number of aromatic nitrogens is 2. The van der Waals surface area contributed by atoms with E-state index in [4.69, 9.17) is 9.15 Å². The van der Waals surface area contributed by atoms with Gasteiger partial charge in [-0.15, -0.1) is 16.8 Å². The minimum absolute atomic E-state index is 0.130. The van der Waals surface area contributed by atoms with Crippen molar-refractivity contribution < 1.29 is 13.9 Å². The van der Waals surface area contributed by atoms with E-state index in [9.17, 15) is 4.79 Å². The van der Waals surface area contributed by atoms with Crippen LogP contribution in [-0.2, 0) is 4.79 Å². The molecule has 1 aromatic heterocycles. The number of hydrogen-bond donors (Lipinski definition) is 1. The van der Waals surface area contributed by atoms with Crippen LogP contribution in [0.3, 0.4) is 0 Å². The molecule has 0 bridgehead atoms. The van der Waals surface area contributed by atoms with Gasteiger partial charge in [-0.3, -0.25) is 9.69 Å². The van der Waals surface area contributed by atoms with Crippen LogP contribution in [0, 0.1) is 0 Å². The largest absolute Gasteiger partial charge is 0.497 e. The second kappa shape index (κ2) is 11.0. The van der Waals surface area contributed by atoms with Crippen LogP contribution in [0.25, 0.3) is 11.5 Å². The highest BCUT2D eigenvalue weighted by molar-refractivity contribution is 7.99. The van der Waals surface area contributed by atoms with Crippen molar-refractivity contribution in [3.05, 3.63) is 61.2 Å². The molecule has 172 valence electrons. The lowest BCUT2D eigenvalue weighted by molar-refractivity contribution is -0.113. The number of thioether (sulfide) groups is 1. The third kappa shape index (κ3) is 6.15. The van der Waals surface area contributed by atoms with Crippen molar-refractivity contribution in [3.63, 3.8) is 0 Å². The highest BCUT2D eigenvalue weighted by atomic mass is 32.2. The molecule has 1 fully saturated rings. The van der Waals surface area contributed by atoms with E-state index in [2.05, 4.69) is 31.9 Å². The Labute approximate surface area is 197 Å². The lowest BCUT2D eigenvalue weighted by Gasteiger charge is -2.35. The van der Waals surface area contributed by atoms with Gasteiger partial charge in [0.15, 0.2) is 0 Å². The number of amides is 1. The van der Waals surface area contributed by atoms with Crippen molar-refractivity contribution in [1.82, 2.24) is 15.1 Å². The van der Waals surface area contributed by atoms with E-state index in [1.54, 1.807) is 7.11 Å². The summed E-state index contributed by atoms with van der Waals surface area (Å²) in [6.45, 7) is 8.76. The normalized spacial score (nSPS) is 14.2. The highest BCUT2D eigenvalue weighted by Gasteiger charge is 2.16. The molecule has 0 saturated carbocycles. The van der Waals surface area contributed by atoms with Gasteiger partial charge in [0.1, 0.15) is 5.75 Å². The lowest BCUT2D eigenvalue weighted by Crippen LogP contribution is -2.46. The highest BCUT2D eigenvalue weighted by Crippen LogP contribution is 2.25. The Hall–Kier alpha value is -3.30. The van der Waals surface area contributed by atoms with E-state index in [1.165, 1.54) is 11.8 Å². The first-order valence-electron chi connectivity index (χ1n) is 10.7. The van der Waals surface area contributed by atoms with Crippen LogP contribution in [-0.4, -0.2) is 66.6 Å². The molecule has 0 aliphatic carbocycles. The van der Waals surface area contributed by atoms with Crippen LogP contribution in [0.1, 0.15) is 0 Å². The molecule has 0 spiro atoms. The van der Waals surface area contributed by atoms with Crippen molar-refractivity contribution in [2.45, 2.75) is 5.22 Å². The molecule has 1 aliphatic rings. The van der Waals surface area contributed by atoms with Gasteiger partial charge in [-0.1, -0.05) is 17.8 Å². The monoisotopic (exact) mass is 465 g/mol. The van der Waals surface area contributed by atoms with Gasteiger partial charge in [-0.2, -0.15) is 0 Å². The molecular formula is C24H27N5O3S. The second-order valence-electron chi connectivity index (χ2n) is 7.56. The molecule has 1 saturated heterocycles. The number of ether oxygens (including phenoxy) is 1. The second-order valence-corrected chi connectivity index (χ2v) is 8.49. The molecule has 8 nitrogen and oxygen atoms in total. The molecule has 9 heteroatoms. The Morgan fingerprint density at radius 1 is 1.12 bits per heavy atom. The van der Waals surface area contributed by atoms with Crippen molar-refractivity contribution in [1.29, 1.82) is 0 Å². The minimum Gasteiger partial charge on any atom is -0.497 e. The van der Waals surface area contributed by atoms with E-state index in [0.717, 1.165) is 55.4 Å². The molecule has 4 rings (SSSR count). The predicted molar refractivity (Wildman–Crippen MR) is 131 cm³/mol. The van der Waals surface area contributed by atoms with Gasteiger partial charge in [0.25, 0.3) is 5.22 Å². The number of methoxy groups -OCH3 is 1. The average molecular weight is 466 g/mol. The third-order valence-electron chi connectivity index (χ3n) is 5.35. The number of piperazine rings is 1. The Bertz CT molecular complexity index is 1060. The molecular weight excluding hydrogens is 438 g/mol. The van der Waals surface area contributed by atoms with E-state index in [0.29, 0.717) is 11.1 Å². The fraction of sp³-hybridized carbons (Fsp3) is 0.292. The summed E-state index contributed by atoms with van der Waals surface area (Å²) in [5, 5.41) is 11.3. The van der Waals surface area contributed by atoms with Crippen molar-refractivity contribution in [2.75, 3.05) is 55.8 Å². The van der Waals surface area contributed by atoms with Gasteiger partial charge < -0.3 is 19.4 Å². The van der Waals surface area contributed by atoms with Gasteiger partial charge in [0.2, 0.25) is 11.8 Å². The molecule has 2 aromatic carbocycles. The van der Waals surface area contributed by atoms with Crippen LogP contribution in [0.4, 0.5) is 11.4 Å². The molecule has 2 heterocycles. The summed E-state index contributed by atoms with van der Waals surface area (Å²) in [6.07, 6.45) is 1.95. The average Bonchev–Trinajstić information content (AvgIpc) is 3.33. The fourth-order valence-electron chi connectivity index (χ4n) is 3.57. The molecule has 3 aromatic rings. The van der Waals surface area contributed by atoms with E-state index in [-0.39, 0.29) is 11.7 Å². The van der Waals surface area contributed by atoms with Gasteiger partial charge in [0, 0.05) is 49.7 Å². The molecule has 33 heavy (non-hydrogen) atoms. The summed E-state index contributed by atoms with van der Waals surface area (Å²) in [6, 6.07) is 15.3. The van der Waals surface area contributed by atoms with E-state index < -0.39 is 0 Å². The number of rotatable bonds is 9. The number of carbonyl (C=O) groups excluding carboxylic acids is 1. The predicted octanol–water partition coefficient (Wildman–Crippen LogP) is 3.78. The Morgan fingerprint density at radius 2 is 1.85 bits per heavy atom. The Balaban J connectivity index is 1.24. The molecule has 1 N–H and O–H groups in total. The number of benzene rings is 2. The molecule has 0 unspecified atom stereocenters. The number of carbonyl (C=O) groups is 1. The Kier molecular flexibility index (Phi) is 7.64. The maximum Gasteiger partial charge on any atom is 0.277 e. The van der Waals surface area contributed by atoms with Crippen LogP contribution < -0.4 is 15.0 Å². The third-order valence-corrected chi connectivity index (χ3v) is 6.16. The van der Waals surface area contributed by atoms with Crippen molar-refractivity contribution in [3.8, 4) is 17.2 Å². The van der Waals surface area contributed by atoms with Crippen LogP contribution >= 0.6 is 11.8 Å². The Morgan fingerprint density at radius 3 is 2.52 bits per heavy atom. The molecule has 0 radical (unpaired) electrons. The first-order chi connectivity index (χ1) is 16.1. The lowest BCUT2D eigenvalue weighted by atomic mass is 10.2. The summed E-state index contributed by atoms with van der Waals surface area (Å²) in [5.41, 5.74) is 2.72. The van der Waals surface area contributed by atoms with Crippen molar-refractivity contribution in [2.24, 2.45) is 0 Å². The topological polar surface area (TPSA) is 83.7 Å². The van der Waals surface area contributed by atoms with Crippen LogP contribution in [0.5, 0.6) is 5.75 Å². The van der Waals surface area contributed by atoms with Gasteiger partial charge in [-0.25, -0.2) is 0 Å². The smallest absolute Gasteiger partial charge is 0.277 e. The summed E-state index contributed by atoms with van der Waals surface area (Å²) in [4.78, 5) is 17.1. The summed E-state index contributed by atoms with van der Waals surface area (Å²) >= 11 is 1.20. The SMILES string of the molecule is C=CCN1CCN(c2ccc(NC(=O)CSc3nnc(-c4ccc(OC)cc4)o3)cc2)CC1. The maximum atomic E-state index is 12.4. The van der Waals surface area contributed by atoms with Gasteiger partial charge >= 0.3 is 0 Å². The molecule has 0 atom stereocenters. The molecule has 1 amide bonds. The summed E-state index contributed by atoms with van der Waals surface area (Å²) in [5.74, 6) is 1.21. The number of nitrogens with zero attached hydrogens (tertiary/aromatic N) is 4. The van der Waals surface area contributed by atoms with Crippen LogP contribution in [0.2, 0.25) is 0 Å². The quantitative estimate of drug-likeness (QED) is 0.378. The first-order valence-corrected chi connectivity index (χ1v) is 11.7. The standard InChI is InChI=1S/C24H27N5O3S/c1-3-12-28-13-15-29(16-14-28)20-8-6-19(7-9-20)25-22(30)17-33-24-27-26-23(32-24)18-4-10-21(31-2)11-5-18/h3-11H,1,12-17H2,2H3,(H,25,30). The fourth-order valence-corrected chi connectivity index (χ4v) is 4.13. The molecule has 1 aliphatic heterocycles. The van der Waals surface area contributed by atoms with Gasteiger partial charge in [-0.05, 0) is 48.5 Å². The maximum absolute atomic E-state index is 12.4. The van der Waals surface area contributed by atoms with Gasteiger partial charge in [0.05, 0.1) is 12.9 Å². The van der Waals surface area contributed by atoms with Crippen LogP contribution in [0.15, 0.2) is 70.8 Å². The summed E-state index contributed by atoms with van der Waals surface area (Å²) in [7, 11) is 1.61. The first kappa shape index (κ1) is 22.9. The zero-order chi connectivity index (χ0) is 23.0. The number of nitrogens with one attached hydrogen (secondary N) is 1. The van der Waals surface area contributed by atoms with Crippen molar-refractivity contribution >= 4 is 29.0 Å². The minimum atomic E-state index is -0.130. The van der Waals surface area contributed by atoms with E-state index >= 15 is 0 Å². The van der Waals surface area contributed by atoms with E-state index in [1.807, 2.05) is 54.6 Å². The number of anilines is 2. The summed E-state index contributed by atoms with van der Waals surface area (Å²) < 4.78 is 10.8. The number of hydrogen-bond acceptors (Lipinski definition) is 8. The zero-order valence-electron chi connectivity index (χ0n) is 18.6. The zero-order valence-corrected chi connectivity index (χ0v) is 19.4.